The zero-order chi connectivity index (χ0) is 17.5. The number of cyclic esters (lactones) is 1. The maximum absolute atomic E-state index is 11.6. The first kappa shape index (κ1) is 17.2. The van der Waals surface area contributed by atoms with Gasteiger partial charge in [-0.3, -0.25) is 0 Å². The Balaban J connectivity index is 1.89. The summed E-state index contributed by atoms with van der Waals surface area (Å²) in [5, 5.41) is 3.17. The van der Waals surface area contributed by atoms with Gasteiger partial charge in [0.1, 0.15) is 6.61 Å². The molecule has 1 aromatic carbocycles. The number of esters is 1. The SMILES string of the molecule is CNCC(=Cc1ccc2c(c1)COC2=O)B1OC(C)(C)C(C)(C)O1. The van der Waals surface area contributed by atoms with Crippen molar-refractivity contribution in [3.8, 4) is 0 Å². The van der Waals surface area contributed by atoms with Crippen LogP contribution in [0.15, 0.2) is 23.7 Å². The van der Waals surface area contributed by atoms with Gasteiger partial charge in [0.2, 0.25) is 0 Å². The Morgan fingerprint density at radius 1 is 1.25 bits per heavy atom. The predicted molar refractivity (Wildman–Crippen MR) is 93.5 cm³/mol. The first-order valence-electron chi connectivity index (χ1n) is 8.24. The normalized spacial score (nSPS) is 21.8. The Morgan fingerprint density at radius 3 is 2.54 bits per heavy atom. The topological polar surface area (TPSA) is 56.8 Å². The highest BCUT2D eigenvalue weighted by atomic mass is 16.7. The molecule has 2 heterocycles. The van der Waals surface area contributed by atoms with Crippen molar-refractivity contribution in [3.63, 3.8) is 0 Å². The minimum Gasteiger partial charge on any atom is -0.457 e. The summed E-state index contributed by atoms with van der Waals surface area (Å²) < 4.78 is 17.4. The van der Waals surface area contributed by atoms with Gasteiger partial charge in [0.25, 0.3) is 0 Å². The first-order chi connectivity index (χ1) is 11.2. The number of carbonyl (C=O) groups excluding carboxylic acids is 1. The van der Waals surface area contributed by atoms with Crippen molar-refractivity contribution >= 4 is 19.2 Å². The van der Waals surface area contributed by atoms with Crippen LogP contribution >= 0.6 is 0 Å². The van der Waals surface area contributed by atoms with Crippen molar-refractivity contribution < 1.29 is 18.8 Å². The third-order valence-electron chi connectivity index (χ3n) is 5.00. The van der Waals surface area contributed by atoms with Gasteiger partial charge in [-0.1, -0.05) is 12.1 Å². The molecule has 2 aliphatic heterocycles. The van der Waals surface area contributed by atoms with Crippen LogP contribution in [0.3, 0.4) is 0 Å². The molecule has 1 saturated heterocycles. The lowest BCUT2D eigenvalue weighted by atomic mass is 9.77. The Labute approximate surface area is 143 Å². The maximum Gasteiger partial charge on any atom is 0.491 e. The van der Waals surface area contributed by atoms with E-state index >= 15 is 0 Å². The van der Waals surface area contributed by atoms with E-state index in [9.17, 15) is 4.79 Å². The average molecular weight is 329 g/mol. The van der Waals surface area contributed by atoms with E-state index in [-0.39, 0.29) is 17.2 Å². The molecule has 0 amide bonds. The summed E-state index contributed by atoms with van der Waals surface area (Å²) in [5.41, 5.74) is 2.85. The Hall–Kier alpha value is -1.63. The van der Waals surface area contributed by atoms with Crippen molar-refractivity contribution in [3.05, 3.63) is 40.4 Å². The fourth-order valence-corrected chi connectivity index (χ4v) is 2.86. The van der Waals surface area contributed by atoms with Crippen LogP contribution in [-0.4, -0.2) is 37.9 Å². The van der Waals surface area contributed by atoms with Crippen LogP contribution in [0, 0.1) is 0 Å². The van der Waals surface area contributed by atoms with Gasteiger partial charge in [0, 0.05) is 12.1 Å². The van der Waals surface area contributed by atoms with Gasteiger partial charge in [0.05, 0.1) is 16.8 Å². The Morgan fingerprint density at radius 2 is 1.92 bits per heavy atom. The molecule has 1 fully saturated rings. The molecular formula is C18H24BNO4. The second-order valence-electron chi connectivity index (χ2n) is 7.33. The second kappa shape index (κ2) is 6.03. The number of ether oxygens (including phenoxy) is 1. The third-order valence-corrected chi connectivity index (χ3v) is 5.00. The van der Waals surface area contributed by atoms with Crippen molar-refractivity contribution in [2.24, 2.45) is 0 Å². The second-order valence-corrected chi connectivity index (χ2v) is 7.33. The van der Waals surface area contributed by atoms with E-state index in [1.807, 2.05) is 52.9 Å². The van der Waals surface area contributed by atoms with Gasteiger partial charge in [0.15, 0.2) is 0 Å². The number of nitrogens with one attached hydrogen (secondary N) is 1. The number of hydrogen-bond donors (Lipinski definition) is 1. The third kappa shape index (κ3) is 3.01. The van der Waals surface area contributed by atoms with Gasteiger partial charge in [-0.05, 0) is 57.9 Å². The molecule has 128 valence electrons. The summed E-state index contributed by atoms with van der Waals surface area (Å²) in [6, 6.07) is 5.73. The van der Waals surface area contributed by atoms with Gasteiger partial charge in [-0.25, -0.2) is 4.79 Å². The number of likely N-dealkylation sites (N-methyl/N-ethyl adjacent to an activating group) is 1. The lowest BCUT2D eigenvalue weighted by Gasteiger charge is -2.32. The molecule has 1 aromatic rings. The van der Waals surface area contributed by atoms with Crippen LogP contribution in [0.2, 0.25) is 0 Å². The molecule has 0 aliphatic carbocycles. The van der Waals surface area contributed by atoms with E-state index in [0.717, 1.165) is 16.6 Å². The fourth-order valence-electron chi connectivity index (χ4n) is 2.86. The maximum atomic E-state index is 11.6. The highest BCUT2D eigenvalue weighted by molar-refractivity contribution is 6.55. The fraction of sp³-hybridized carbons (Fsp3) is 0.500. The molecule has 24 heavy (non-hydrogen) atoms. The molecule has 1 N–H and O–H groups in total. The van der Waals surface area contributed by atoms with Crippen LogP contribution in [0.25, 0.3) is 6.08 Å². The van der Waals surface area contributed by atoms with Crippen molar-refractivity contribution in [1.82, 2.24) is 5.32 Å². The first-order valence-corrected chi connectivity index (χ1v) is 8.24. The van der Waals surface area contributed by atoms with E-state index < -0.39 is 7.12 Å². The Kier molecular flexibility index (Phi) is 4.32. The molecule has 0 atom stereocenters. The lowest BCUT2D eigenvalue weighted by molar-refractivity contribution is 0.00578. The molecule has 5 nitrogen and oxygen atoms in total. The summed E-state index contributed by atoms with van der Waals surface area (Å²) >= 11 is 0. The van der Waals surface area contributed by atoms with E-state index in [0.29, 0.717) is 18.7 Å². The van der Waals surface area contributed by atoms with Crippen LogP contribution in [-0.2, 0) is 20.7 Å². The van der Waals surface area contributed by atoms with Crippen molar-refractivity contribution in [2.45, 2.75) is 45.5 Å². The minimum atomic E-state index is -0.395. The van der Waals surface area contributed by atoms with E-state index in [1.165, 1.54) is 0 Å². The number of fused-ring (bicyclic) bond motifs is 1. The van der Waals surface area contributed by atoms with Crippen molar-refractivity contribution in [2.75, 3.05) is 13.6 Å². The molecule has 2 aliphatic rings. The zero-order valence-electron chi connectivity index (χ0n) is 14.9. The van der Waals surface area contributed by atoms with Crippen molar-refractivity contribution in [1.29, 1.82) is 0 Å². The summed E-state index contributed by atoms with van der Waals surface area (Å²) in [5.74, 6) is -0.248. The lowest BCUT2D eigenvalue weighted by Crippen LogP contribution is -2.41. The predicted octanol–water partition coefficient (Wildman–Crippen LogP) is 2.59. The van der Waals surface area contributed by atoms with Gasteiger partial charge in [-0.2, -0.15) is 0 Å². The quantitative estimate of drug-likeness (QED) is 0.680. The summed E-state index contributed by atoms with van der Waals surface area (Å²) in [4.78, 5) is 11.6. The van der Waals surface area contributed by atoms with Crippen LogP contribution < -0.4 is 5.32 Å². The number of hydrogen-bond acceptors (Lipinski definition) is 5. The van der Waals surface area contributed by atoms with Gasteiger partial charge >= 0.3 is 13.1 Å². The smallest absolute Gasteiger partial charge is 0.457 e. The number of carbonyl (C=O) groups is 1. The molecule has 0 aromatic heterocycles. The Bertz CT molecular complexity index is 680. The largest absolute Gasteiger partial charge is 0.491 e. The standard InChI is InChI=1S/C18H24BNO4/c1-17(2)18(3,4)24-19(23-17)14(10-20-5)9-12-6-7-15-13(8-12)11-22-16(15)21/h6-9,20H,10-11H2,1-5H3. The van der Waals surface area contributed by atoms with Crippen LogP contribution in [0.1, 0.15) is 49.2 Å². The molecule has 0 saturated carbocycles. The molecular weight excluding hydrogens is 305 g/mol. The van der Waals surface area contributed by atoms with Crippen LogP contribution in [0.4, 0.5) is 0 Å². The molecule has 0 spiro atoms. The molecule has 0 unspecified atom stereocenters. The zero-order valence-corrected chi connectivity index (χ0v) is 14.9. The van der Waals surface area contributed by atoms with E-state index in [4.69, 9.17) is 14.0 Å². The highest BCUT2D eigenvalue weighted by Gasteiger charge is 2.52. The highest BCUT2D eigenvalue weighted by Crippen LogP contribution is 2.38. The molecule has 3 rings (SSSR count). The summed E-state index contributed by atoms with van der Waals surface area (Å²) in [7, 11) is 1.50. The van der Waals surface area contributed by atoms with Gasteiger partial charge in [-0.15, -0.1) is 0 Å². The van der Waals surface area contributed by atoms with Gasteiger partial charge < -0.3 is 19.4 Å². The monoisotopic (exact) mass is 329 g/mol. The minimum absolute atomic E-state index is 0.248. The average Bonchev–Trinajstić information content (AvgIpc) is 2.96. The number of benzene rings is 1. The molecule has 0 radical (unpaired) electrons. The molecule has 0 bridgehead atoms. The van der Waals surface area contributed by atoms with Crippen LogP contribution in [0.5, 0.6) is 0 Å². The van der Waals surface area contributed by atoms with E-state index in [1.54, 1.807) is 0 Å². The summed E-state index contributed by atoms with van der Waals surface area (Å²) in [6.07, 6.45) is 2.06. The number of rotatable bonds is 4. The summed E-state index contributed by atoms with van der Waals surface area (Å²) in [6.45, 7) is 9.17. The van der Waals surface area contributed by atoms with E-state index in [2.05, 4.69) is 11.4 Å². The molecule has 6 heteroatoms.